The maximum atomic E-state index is 12.9. The number of nitrogens with one attached hydrogen (secondary N) is 4. The Hall–Kier alpha value is -4.66. The van der Waals surface area contributed by atoms with Crippen molar-refractivity contribution in [3.05, 3.63) is 89.5 Å². The molecule has 38 heavy (non-hydrogen) atoms. The van der Waals surface area contributed by atoms with Crippen LogP contribution in [0.4, 0.5) is 21.9 Å². The molecule has 9 heteroatoms. The number of hydrogen-bond donors (Lipinski definition) is 5. The molecule has 9 nitrogen and oxygen atoms in total. The van der Waals surface area contributed by atoms with Crippen LogP contribution in [0.15, 0.2) is 72.8 Å². The fourth-order valence-corrected chi connectivity index (χ4v) is 3.84. The van der Waals surface area contributed by atoms with E-state index in [1.165, 1.54) is 12.1 Å². The molecule has 0 saturated carbocycles. The maximum absolute atomic E-state index is 12.9. The predicted octanol–water partition coefficient (Wildman–Crippen LogP) is 5.05. The second-order valence-electron chi connectivity index (χ2n) is 9.36. The van der Waals surface area contributed by atoms with Crippen molar-refractivity contribution < 1.29 is 24.3 Å². The van der Waals surface area contributed by atoms with Crippen molar-refractivity contribution >= 4 is 40.9 Å². The molecule has 1 atom stereocenters. The minimum Gasteiger partial charge on any atom is -0.478 e. The highest BCUT2D eigenvalue weighted by molar-refractivity contribution is 6.03. The quantitative estimate of drug-likeness (QED) is 0.257. The Morgan fingerprint density at radius 2 is 1.42 bits per heavy atom. The van der Waals surface area contributed by atoms with E-state index in [1.54, 1.807) is 36.4 Å². The third kappa shape index (κ3) is 8.19. The summed E-state index contributed by atoms with van der Waals surface area (Å²) in [7, 11) is 0. The number of anilines is 3. The molecule has 0 saturated heterocycles. The molecule has 0 spiro atoms. The summed E-state index contributed by atoms with van der Waals surface area (Å²) in [6.07, 6.45) is 0.412. The highest BCUT2D eigenvalue weighted by Crippen LogP contribution is 2.17. The predicted molar refractivity (Wildman–Crippen MR) is 147 cm³/mol. The van der Waals surface area contributed by atoms with E-state index in [1.807, 2.05) is 45.0 Å². The zero-order chi connectivity index (χ0) is 27.7. The molecule has 198 valence electrons. The number of aromatic carboxylic acids is 1. The minimum absolute atomic E-state index is 0.0308. The number of carboxylic acids is 1. The van der Waals surface area contributed by atoms with Gasteiger partial charge in [0, 0.05) is 11.4 Å². The van der Waals surface area contributed by atoms with E-state index in [2.05, 4.69) is 21.3 Å². The van der Waals surface area contributed by atoms with E-state index in [0.717, 1.165) is 5.56 Å². The molecule has 0 aliphatic heterocycles. The second-order valence-corrected chi connectivity index (χ2v) is 9.36. The van der Waals surface area contributed by atoms with E-state index in [4.69, 9.17) is 0 Å². The van der Waals surface area contributed by atoms with E-state index >= 15 is 0 Å². The standard InChI is InChI=1S/C29H32N4O5/c1-18(2)16-25(27(35)32-24-11-7-5-9-22(24)28(36)37)31-26(34)17-20-12-14-21(15-13-20)30-29(38)33-23-10-6-4-8-19(23)3/h4-15,18,25H,16-17H2,1-3H3,(H,31,34)(H,32,35)(H,36,37)(H2,30,33,38)/t25-/m0/s1. The molecule has 3 aromatic rings. The van der Waals surface area contributed by atoms with E-state index < -0.39 is 17.9 Å². The van der Waals surface area contributed by atoms with Crippen LogP contribution in [-0.2, 0) is 16.0 Å². The van der Waals surface area contributed by atoms with Crippen LogP contribution in [0.1, 0.15) is 41.8 Å². The third-order valence-corrected chi connectivity index (χ3v) is 5.74. The highest BCUT2D eigenvalue weighted by atomic mass is 16.4. The summed E-state index contributed by atoms with van der Waals surface area (Å²) in [5.74, 6) is -1.89. The molecule has 3 aromatic carbocycles. The van der Waals surface area contributed by atoms with Crippen molar-refractivity contribution in [3.63, 3.8) is 0 Å². The van der Waals surface area contributed by atoms with Crippen LogP contribution in [-0.4, -0.2) is 35.0 Å². The van der Waals surface area contributed by atoms with Gasteiger partial charge in [0.15, 0.2) is 0 Å². The molecule has 0 aliphatic rings. The molecule has 0 heterocycles. The fourth-order valence-electron chi connectivity index (χ4n) is 3.84. The van der Waals surface area contributed by atoms with Crippen LogP contribution in [0.3, 0.4) is 0 Å². The summed E-state index contributed by atoms with van der Waals surface area (Å²) in [6, 6.07) is 19.2. The molecular formula is C29H32N4O5. The van der Waals surface area contributed by atoms with Crippen molar-refractivity contribution in [3.8, 4) is 0 Å². The number of amides is 4. The summed E-state index contributed by atoms with van der Waals surface area (Å²) in [4.78, 5) is 49.5. The highest BCUT2D eigenvalue weighted by Gasteiger charge is 2.23. The average Bonchev–Trinajstić information content (AvgIpc) is 2.86. The fraction of sp³-hybridized carbons (Fsp3) is 0.241. The first-order valence-corrected chi connectivity index (χ1v) is 12.3. The topological polar surface area (TPSA) is 137 Å². The summed E-state index contributed by atoms with van der Waals surface area (Å²) in [5.41, 5.74) is 3.06. The Kier molecular flexibility index (Phi) is 9.59. The van der Waals surface area contributed by atoms with Gasteiger partial charge in [-0.15, -0.1) is 0 Å². The number of carboxylic acid groups (broad SMARTS) is 1. The van der Waals surface area contributed by atoms with Gasteiger partial charge in [0.25, 0.3) is 0 Å². The van der Waals surface area contributed by atoms with Gasteiger partial charge in [0.1, 0.15) is 6.04 Å². The molecule has 0 aromatic heterocycles. The van der Waals surface area contributed by atoms with Crippen molar-refractivity contribution in [1.29, 1.82) is 0 Å². The van der Waals surface area contributed by atoms with Crippen LogP contribution in [0, 0.1) is 12.8 Å². The molecule has 0 bridgehead atoms. The summed E-state index contributed by atoms with van der Waals surface area (Å²) >= 11 is 0. The number of hydrogen-bond acceptors (Lipinski definition) is 4. The largest absolute Gasteiger partial charge is 0.478 e. The van der Waals surface area contributed by atoms with E-state index in [-0.39, 0.29) is 35.5 Å². The number of benzene rings is 3. The van der Waals surface area contributed by atoms with Crippen LogP contribution in [0.25, 0.3) is 0 Å². The maximum Gasteiger partial charge on any atom is 0.337 e. The minimum atomic E-state index is -1.16. The van der Waals surface area contributed by atoms with Crippen LogP contribution in [0.5, 0.6) is 0 Å². The van der Waals surface area contributed by atoms with Gasteiger partial charge in [-0.3, -0.25) is 9.59 Å². The van der Waals surface area contributed by atoms with Gasteiger partial charge in [-0.25, -0.2) is 9.59 Å². The Balaban J connectivity index is 1.59. The van der Waals surface area contributed by atoms with Gasteiger partial charge in [-0.2, -0.15) is 0 Å². The zero-order valence-electron chi connectivity index (χ0n) is 21.6. The summed E-state index contributed by atoms with van der Waals surface area (Å²) in [6.45, 7) is 5.76. The number of carbonyl (C=O) groups is 4. The lowest BCUT2D eigenvalue weighted by Gasteiger charge is -2.21. The molecule has 3 rings (SSSR count). The number of rotatable bonds is 10. The molecular weight excluding hydrogens is 484 g/mol. The van der Waals surface area contributed by atoms with E-state index in [9.17, 15) is 24.3 Å². The zero-order valence-corrected chi connectivity index (χ0v) is 21.6. The molecule has 0 radical (unpaired) electrons. The van der Waals surface area contributed by atoms with Gasteiger partial charge < -0.3 is 26.4 Å². The van der Waals surface area contributed by atoms with Gasteiger partial charge in [-0.1, -0.05) is 56.3 Å². The molecule has 5 N–H and O–H groups in total. The lowest BCUT2D eigenvalue weighted by molar-refractivity contribution is -0.126. The van der Waals surface area contributed by atoms with Crippen molar-refractivity contribution in [1.82, 2.24) is 5.32 Å². The second kappa shape index (κ2) is 13.0. The van der Waals surface area contributed by atoms with Crippen molar-refractivity contribution in [2.75, 3.05) is 16.0 Å². The van der Waals surface area contributed by atoms with Crippen molar-refractivity contribution in [2.45, 2.75) is 39.7 Å². The summed E-state index contributed by atoms with van der Waals surface area (Å²) in [5, 5.41) is 20.3. The van der Waals surface area contributed by atoms with Crippen LogP contribution in [0.2, 0.25) is 0 Å². The van der Waals surface area contributed by atoms with Crippen LogP contribution < -0.4 is 21.3 Å². The number of aryl methyl sites for hydroxylation is 1. The first-order valence-electron chi connectivity index (χ1n) is 12.3. The Bertz CT molecular complexity index is 1300. The van der Waals surface area contributed by atoms with Gasteiger partial charge in [0.2, 0.25) is 11.8 Å². The van der Waals surface area contributed by atoms with Gasteiger partial charge in [-0.05, 0) is 60.7 Å². The Morgan fingerprint density at radius 1 is 0.789 bits per heavy atom. The van der Waals surface area contributed by atoms with Gasteiger partial charge >= 0.3 is 12.0 Å². The number of para-hydroxylation sites is 2. The SMILES string of the molecule is Cc1ccccc1NC(=O)Nc1ccc(CC(=O)N[C@@H](CC(C)C)C(=O)Nc2ccccc2C(=O)O)cc1. The molecule has 0 unspecified atom stereocenters. The van der Waals surface area contributed by atoms with Crippen LogP contribution >= 0.6 is 0 Å². The summed E-state index contributed by atoms with van der Waals surface area (Å²) < 4.78 is 0. The Morgan fingerprint density at radius 3 is 2.05 bits per heavy atom. The third-order valence-electron chi connectivity index (χ3n) is 5.74. The normalized spacial score (nSPS) is 11.4. The Labute approximate surface area is 221 Å². The lowest BCUT2D eigenvalue weighted by Crippen LogP contribution is -2.45. The first kappa shape index (κ1) is 27.9. The molecule has 4 amide bonds. The smallest absolute Gasteiger partial charge is 0.337 e. The average molecular weight is 517 g/mol. The number of urea groups is 1. The molecule has 0 aliphatic carbocycles. The number of carbonyl (C=O) groups excluding carboxylic acids is 3. The monoisotopic (exact) mass is 516 g/mol. The molecule has 0 fully saturated rings. The van der Waals surface area contributed by atoms with Crippen molar-refractivity contribution in [2.24, 2.45) is 5.92 Å². The lowest BCUT2D eigenvalue weighted by atomic mass is 10.0. The van der Waals surface area contributed by atoms with E-state index in [0.29, 0.717) is 23.4 Å². The first-order chi connectivity index (χ1) is 18.1. The van der Waals surface area contributed by atoms with Gasteiger partial charge in [0.05, 0.1) is 17.7 Å².